The number of thiazole rings is 1. The van der Waals surface area contributed by atoms with Crippen molar-refractivity contribution in [2.45, 2.75) is 0 Å². The first kappa shape index (κ1) is 18.1. The highest BCUT2D eigenvalue weighted by Gasteiger charge is 2.26. The van der Waals surface area contributed by atoms with Crippen molar-refractivity contribution in [1.82, 2.24) is 9.88 Å². The minimum atomic E-state index is -0.598. The number of rotatable bonds is 2. The van der Waals surface area contributed by atoms with Crippen LogP contribution >= 0.6 is 22.9 Å². The van der Waals surface area contributed by atoms with Gasteiger partial charge in [-0.1, -0.05) is 41.1 Å². The highest BCUT2D eigenvalue weighted by Crippen LogP contribution is 2.31. The molecule has 6 nitrogen and oxygen atoms in total. The normalized spacial score (nSPS) is 14.7. The predicted molar refractivity (Wildman–Crippen MR) is 115 cm³/mol. The minimum absolute atomic E-state index is 0.0757. The maximum atomic E-state index is 12.9. The fourth-order valence-corrected chi connectivity index (χ4v) is 4.80. The zero-order chi connectivity index (χ0) is 20.0. The van der Waals surface area contributed by atoms with Crippen LogP contribution in [0.1, 0.15) is 10.4 Å². The summed E-state index contributed by atoms with van der Waals surface area (Å²) in [5.74, 6) is -0.291. The number of benzene rings is 2. The molecule has 8 heteroatoms. The molecule has 4 aromatic rings. The zero-order valence-corrected chi connectivity index (χ0v) is 16.9. The van der Waals surface area contributed by atoms with Crippen LogP contribution in [0.25, 0.3) is 21.2 Å². The highest BCUT2D eigenvalue weighted by atomic mass is 35.5. The second-order valence-electron chi connectivity index (χ2n) is 6.87. The number of hydrogen-bond donors (Lipinski definition) is 0. The topological polar surface area (TPSA) is 66.7 Å². The van der Waals surface area contributed by atoms with E-state index in [0.717, 1.165) is 20.7 Å². The Balaban J connectivity index is 1.34. The summed E-state index contributed by atoms with van der Waals surface area (Å²) in [4.78, 5) is 33.7. The lowest BCUT2D eigenvalue weighted by Gasteiger charge is -2.34. The third-order valence-electron chi connectivity index (χ3n) is 5.05. The summed E-state index contributed by atoms with van der Waals surface area (Å²) in [7, 11) is 0. The molecule has 0 radical (unpaired) electrons. The molecule has 0 saturated carbocycles. The van der Waals surface area contributed by atoms with Crippen LogP contribution in [0.5, 0.6) is 0 Å². The Morgan fingerprint density at radius 1 is 1.07 bits per heavy atom. The van der Waals surface area contributed by atoms with Crippen LogP contribution in [0, 0.1) is 0 Å². The molecule has 0 aliphatic carbocycles. The lowest BCUT2D eigenvalue weighted by molar-refractivity contribution is 0.0742. The summed E-state index contributed by atoms with van der Waals surface area (Å²) in [6.45, 7) is 2.33. The Morgan fingerprint density at radius 3 is 2.69 bits per heavy atom. The molecule has 0 atom stereocenters. The van der Waals surface area contributed by atoms with Crippen molar-refractivity contribution in [2.24, 2.45) is 0 Å². The van der Waals surface area contributed by atoms with Crippen molar-refractivity contribution >= 4 is 55.2 Å². The van der Waals surface area contributed by atoms with E-state index in [1.165, 1.54) is 0 Å². The standard InChI is InChI=1S/C21H16ClN3O3S/c22-14-5-6-16-18(12-14)29-21(23-16)25-9-7-24(8-10-25)19(26)15-11-13-3-1-2-4-17(13)28-20(15)27/h1-6,11-12H,7-10H2. The van der Waals surface area contributed by atoms with Crippen LogP contribution in [-0.2, 0) is 0 Å². The number of aromatic nitrogens is 1. The molecule has 1 amide bonds. The summed E-state index contributed by atoms with van der Waals surface area (Å²) in [6.07, 6.45) is 0. The van der Waals surface area contributed by atoms with Crippen molar-refractivity contribution in [3.05, 3.63) is 69.5 Å². The second kappa shape index (κ2) is 7.17. The van der Waals surface area contributed by atoms with Crippen LogP contribution in [0.3, 0.4) is 0 Å². The molecule has 5 rings (SSSR count). The van der Waals surface area contributed by atoms with Gasteiger partial charge in [0, 0.05) is 36.6 Å². The Labute approximate surface area is 174 Å². The van der Waals surface area contributed by atoms with Gasteiger partial charge in [-0.25, -0.2) is 9.78 Å². The van der Waals surface area contributed by atoms with Crippen molar-refractivity contribution in [2.75, 3.05) is 31.1 Å². The number of hydrogen-bond acceptors (Lipinski definition) is 6. The van der Waals surface area contributed by atoms with Crippen LogP contribution in [0.4, 0.5) is 5.13 Å². The van der Waals surface area contributed by atoms with Crippen molar-refractivity contribution in [1.29, 1.82) is 0 Å². The van der Waals surface area contributed by atoms with Gasteiger partial charge in [-0.3, -0.25) is 4.79 Å². The second-order valence-corrected chi connectivity index (χ2v) is 8.32. The average Bonchev–Trinajstić information content (AvgIpc) is 3.16. The van der Waals surface area contributed by atoms with Crippen molar-refractivity contribution in [3.8, 4) is 0 Å². The maximum absolute atomic E-state index is 12.9. The van der Waals surface area contributed by atoms with E-state index in [1.807, 2.05) is 30.3 Å². The number of fused-ring (bicyclic) bond motifs is 2. The number of carbonyl (C=O) groups is 1. The Kier molecular flexibility index (Phi) is 4.49. The molecule has 2 aromatic heterocycles. The maximum Gasteiger partial charge on any atom is 0.349 e. The number of nitrogens with zero attached hydrogens (tertiary/aromatic N) is 3. The molecule has 0 N–H and O–H groups in total. The quantitative estimate of drug-likeness (QED) is 0.454. The van der Waals surface area contributed by atoms with Gasteiger partial charge in [0.2, 0.25) is 0 Å². The van der Waals surface area contributed by atoms with Gasteiger partial charge in [-0.2, -0.15) is 0 Å². The largest absolute Gasteiger partial charge is 0.422 e. The highest BCUT2D eigenvalue weighted by molar-refractivity contribution is 7.22. The number of amides is 1. The third-order valence-corrected chi connectivity index (χ3v) is 6.36. The van der Waals surface area contributed by atoms with Gasteiger partial charge >= 0.3 is 5.63 Å². The van der Waals surface area contributed by atoms with Crippen LogP contribution < -0.4 is 10.5 Å². The van der Waals surface area contributed by atoms with Crippen molar-refractivity contribution < 1.29 is 9.21 Å². The Hall–Kier alpha value is -2.90. The first-order valence-electron chi connectivity index (χ1n) is 9.22. The fraction of sp³-hybridized carbons (Fsp3) is 0.190. The van der Waals surface area contributed by atoms with Crippen LogP contribution in [0.2, 0.25) is 5.02 Å². The number of para-hydroxylation sites is 1. The van der Waals surface area contributed by atoms with Crippen LogP contribution in [-0.4, -0.2) is 42.0 Å². The molecule has 146 valence electrons. The number of carbonyl (C=O) groups excluding carboxylic acids is 1. The van der Waals surface area contributed by atoms with Gasteiger partial charge in [0.1, 0.15) is 11.1 Å². The van der Waals surface area contributed by atoms with E-state index in [9.17, 15) is 9.59 Å². The summed E-state index contributed by atoms with van der Waals surface area (Å²) >= 11 is 7.65. The predicted octanol–water partition coefficient (Wildman–Crippen LogP) is 4.02. The molecule has 0 bridgehead atoms. The lowest BCUT2D eigenvalue weighted by Crippen LogP contribution is -2.49. The van der Waals surface area contributed by atoms with Crippen molar-refractivity contribution in [3.63, 3.8) is 0 Å². The zero-order valence-electron chi connectivity index (χ0n) is 15.3. The molecular weight excluding hydrogens is 410 g/mol. The van der Waals surface area contributed by atoms with Gasteiger partial charge < -0.3 is 14.2 Å². The van der Waals surface area contributed by atoms with Gasteiger partial charge in [0.05, 0.1) is 10.2 Å². The van der Waals surface area contributed by atoms with Gasteiger partial charge in [0.15, 0.2) is 5.13 Å². The van der Waals surface area contributed by atoms with E-state index in [1.54, 1.807) is 34.4 Å². The number of anilines is 1. The molecule has 29 heavy (non-hydrogen) atoms. The molecule has 1 aliphatic heterocycles. The first-order chi connectivity index (χ1) is 14.1. The molecule has 2 aromatic carbocycles. The SMILES string of the molecule is O=C(c1cc2ccccc2oc1=O)N1CCN(c2nc3ccc(Cl)cc3s2)CC1. The molecule has 1 saturated heterocycles. The van der Waals surface area contributed by atoms with Gasteiger partial charge in [-0.15, -0.1) is 0 Å². The third kappa shape index (κ3) is 3.36. The summed E-state index contributed by atoms with van der Waals surface area (Å²) in [5, 5.41) is 2.35. The summed E-state index contributed by atoms with van der Waals surface area (Å²) in [6, 6.07) is 14.5. The van der Waals surface area contributed by atoms with E-state index in [4.69, 9.17) is 16.0 Å². The molecule has 0 spiro atoms. The van der Waals surface area contributed by atoms with E-state index < -0.39 is 5.63 Å². The smallest absolute Gasteiger partial charge is 0.349 e. The molecule has 1 aliphatic rings. The monoisotopic (exact) mass is 425 g/mol. The number of piperazine rings is 1. The summed E-state index contributed by atoms with van der Waals surface area (Å²) in [5.41, 5.74) is 0.877. The van der Waals surface area contributed by atoms with Gasteiger partial charge in [0.25, 0.3) is 5.91 Å². The Bertz CT molecular complexity index is 1290. The fourth-order valence-electron chi connectivity index (χ4n) is 3.50. The van der Waals surface area contributed by atoms with E-state index in [0.29, 0.717) is 36.8 Å². The molecule has 3 heterocycles. The molecular formula is C21H16ClN3O3S. The first-order valence-corrected chi connectivity index (χ1v) is 10.4. The Morgan fingerprint density at radius 2 is 1.86 bits per heavy atom. The lowest BCUT2D eigenvalue weighted by atomic mass is 10.1. The minimum Gasteiger partial charge on any atom is -0.422 e. The summed E-state index contributed by atoms with van der Waals surface area (Å²) < 4.78 is 6.35. The number of halogens is 1. The average molecular weight is 426 g/mol. The van der Waals surface area contributed by atoms with E-state index >= 15 is 0 Å². The van der Waals surface area contributed by atoms with Crippen LogP contribution in [0.15, 0.2) is 57.7 Å². The van der Waals surface area contributed by atoms with Gasteiger partial charge in [-0.05, 0) is 30.3 Å². The van der Waals surface area contributed by atoms with E-state index in [2.05, 4.69) is 9.88 Å². The molecule has 1 fully saturated rings. The molecule has 0 unspecified atom stereocenters. The van der Waals surface area contributed by atoms with E-state index in [-0.39, 0.29) is 11.5 Å².